The third-order valence-electron chi connectivity index (χ3n) is 5.44. The van der Waals surface area contributed by atoms with E-state index in [0.717, 1.165) is 43.4 Å². The molecule has 1 aromatic rings. The lowest BCUT2D eigenvalue weighted by Gasteiger charge is -2.29. The van der Waals surface area contributed by atoms with Crippen LogP contribution in [0.4, 0.5) is 5.69 Å². The number of sulfonamides is 1. The molecule has 2 fully saturated rings. The Morgan fingerprint density at radius 1 is 1.25 bits per heavy atom. The highest BCUT2D eigenvalue weighted by atomic mass is 32.2. The van der Waals surface area contributed by atoms with Crippen molar-refractivity contribution in [3.05, 3.63) is 23.8 Å². The predicted octanol–water partition coefficient (Wildman–Crippen LogP) is 1.16. The highest BCUT2D eigenvalue weighted by molar-refractivity contribution is 7.89. The molecular formula is C17H23N3O3S. The summed E-state index contributed by atoms with van der Waals surface area (Å²) >= 11 is 0. The summed E-state index contributed by atoms with van der Waals surface area (Å²) in [7, 11) is -3.57. The zero-order chi connectivity index (χ0) is 16.9. The van der Waals surface area contributed by atoms with Gasteiger partial charge in [0, 0.05) is 37.3 Å². The predicted molar refractivity (Wildman–Crippen MR) is 91.5 cm³/mol. The smallest absolute Gasteiger partial charge is 0.240 e. The molecule has 2 N–H and O–H groups in total. The van der Waals surface area contributed by atoms with E-state index in [9.17, 15) is 13.2 Å². The van der Waals surface area contributed by atoms with Gasteiger partial charge in [0.05, 0.1) is 4.90 Å². The van der Waals surface area contributed by atoms with Crippen molar-refractivity contribution in [3.63, 3.8) is 0 Å². The minimum Gasteiger partial charge on any atom is -0.312 e. The molecule has 130 valence electrons. The molecule has 2 atom stereocenters. The second kappa shape index (κ2) is 5.82. The summed E-state index contributed by atoms with van der Waals surface area (Å²) in [6, 6.07) is 5.99. The number of hydrogen-bond donors (Lipinski definition) is 2. The van der Waals surface area contributed by atoms with Crippen molar-refractivity contribution in [2.75, 3.05) is 11.4 Å². The second-order valence-electron chi connectivity index (χ2n) is 7.14. The van der Waals surface area contributed by atoms with E-state index in [-0.39, 0.29) is 16.8 Å². The van der Waals surface area contributed by atoms with Crippen LogP contribution in [-0.4, -0.2) is 39.0 Å². The summed E-state index contributed by atoms with van der Waals surface area (Å²) in [4.78, 5) is 13.6. The molecule has 3 aliphatic heterocycles. The summed E-state index contributed by atoms with van der Waals surface area (Å²) in [5.74, 6) is -0.0498. The van der Waals surface area contributed by atoms with Gasteiger partial charge >= 0.3 is 0 Å². The molecule has 6 nitrogen and oxygen atoms in total. The normalized spacial score (nSPS) is 28.9. The number of carbonyl (C=O) groups is 1. The average Bonchev–Trinajstić information content (AvgIpc) is 3.09. The van der Waals surface area contributed by atoms with Crippen molar-refractivity contribution < 1.29 is 13.2 Å². The van der Waals surface area contributed by atoms with Gasteiger partial charge in [-0.05, 0) is 49.8 Å². The number of rotatable bonds is 3. The van der Waals surface area contributed by atoms with Crippen LogP contribution in [0, 0.1) is 0 Å². The molecule has 7 heteroatoms. The van der Waals surface area contributed by atoms with Crippen molar-refractivity contribution in [2.24, 2.45) is 0 Å². The average molecular weight is 349 g/mol. The summed E-state index contributed by atoms with van der Waals surface area (Å²) in [6.45, 7) is 2.14. The quantitative estimate of drug-likeness (QED) is 0.858. The number of nitrogens with zero attached hydrogens (tertiary/aromatic N) is 1. The Hall–Kier alpha value is -1.44. The van der Waals surface area contributed by atoms with E-state index < -0.39 is 10.0 Å². The molecule has 0 spiro atoms. The SMILES string of the molecule is CC(=O)N1CCc2ccc(S(=O)(=O)NC3CC4CCC(C3)N4)cc21. The van der Waals surface area contributed by atoms with E-state index in [1.165, 1.54) is 6.92 Å². The maximum Gasteiger partial charge on any atom is 0.240 e. The first kappa shape index (κ1) is 16.1. The van der Waals surface area contributed by atoms with Crippen LogP contribution in [0.25, 0.3) is 0 Å². The number of amides is 1. The minimum absolute atomic E-state index is 0.00841. The van der Waals surface area contributed by atoms with Gasteiger partial charge in [0.25, 0.3) is 0 Å². The monoisotopic (exact) mass is 349 g/mol. The Labute approximate surface area is 142 Å². The lowest BCUT2D eigenvalue weighted by molar-refractivity contribution is -0.116. The van der Waals surface area contributed by atoms with E-state index in [0.29, 0.717) is 18.6 Å². The van der Waals surface area contributed by atoms with Gasteiger partial charge in [-0.2, -0.15) is 0 Å². The highest BCUT2D eigenvalue weighted by Gasteiger charge is 2.35. The molecule has 0 aliphatic carbocycles. The van der Waals surface area contributed by atoms with Gasteiger partial charge in [0.2, 0.25) is 15.9 Å². The molecule has 24 heavy (non-hydrogen) atoms. The lowest BCUT2D eigenvalue weighted by Crippen LogP contribution is -2.47. The molecule has 2 unspecified atom stereocenters. The molecule has 4 rings (SSSR count). The summed E-state index contributed by atoms with van der Waals surface area (Å²) in [5, 5.41) is 3.52. The standard InChI is InChI=1S/C17H23N3O3S/c1-11(21)20-7-6-12-2-5-16(10-17(12)20)24(22,23)19-15-8-13-3-4-14(9-15)18-13/h2,5,10,13-15,18-19H,3-4,6-9H2,1H3. The van der Waals surface area contributed by atoms with Crippen molar-refractivity contribution in [1.82, 2.24) is 10.0 Å². The van der Waals surface area contributed by atoms with Gasteiger partial charge in [0.1, 0.15) is 0 Å². The van der Waals surface area contributed by atoms with Crippen molar-refractivity contribution >= 4 is 21.6 Å². The van der Waals surface area contributed by atoms with Crippen molar-refractivity contribution in [1.29, 1.82) is 0 Å². The number of fused-ring (bicyclic) bond motifs is 3. The molecule has 2 saturated heterocycles. The maximum absolute atomic E-state index is 12.8. The van der Waals surface area contributed by atoms with E-state index in [1.54, 1.807) is 17.0 Å². The van der Waals surface area contributed by atoms with Gasteiger partial charge in [-0.15, -0.1) is 0 Å². The fraction of sp³-hybridized carbons (Fsp3) is 0.588. The zero-order valence-corrected chi connectivity index (χ0v) is 14.6. The molecule has 2 bridgehead atoms. The minimum atomic E-state index is -3.57. The Morgan fingerprint density at radius 2 is 1.96 bits per heavy atom. The van der Waals surface area contributed by atoms with Crippen LogP contribution in [0.5, 0.6) is 0 Å². The molecule has 3 aliphatic rings. The molecule has 0 saturated carbocycles. The van der Waals surface area contributed by atoms with Crippen molar-refractivity contribution in [2.45, 2.75) is 62.0 Å². The summed E-state index contributed by atoms with van der Waals surface area (Å²) in [6.07, 6.45) is 4.74. The van der Waals surface area contributed by atoms with E-state index in [2.05, 4.69) is 10.0 Å². The van der Waals surface area contributed by atoms with E-state index in [1.807, 2.05) is 6.07 Å². The Balaban J connectivity index is 1.56. The van der Waals surface area contributed by atoms with Gasteiger partial charge in [0.15, 0.2) is 0 Å². The molecule has 3 heterocycles. The summed E-state index contributed by atoms with van der Waals surface area (Å²) < 4.78 is 28.4. The van der Waals surface area contributed by atoms with E-state index in [4.69, 9.17) is 0 Å². The third kappa shape index (κ3) is 2.85. The van der Waals surface area contributed by atoms with E-state index >= 15 is 0 Å². The van der Waals surface area contributed by atoms with Crippen LogP contribution >= 0.6 is 0 Å². The maximum atomic E-state index is 12.8. The van der Waals surface area contributed by atoms with Gasteiger partial charge in [-0.1, -0.05) is 6.07 Å². The first-order chi connectivity index (χ1) is 11.4. The fourth-order valence-corrected chi connectivity index (χ4v) is 5.58. The third-order valence-corrected chi connectivity index (χ3v) is 6.96. The van der Waals surface area contributed by atoms with Crippen LogP contribution in [0.1, 0.15) is 38.2 Å². The fourth-order valence-electron chi connectivity index (χ4n) is 4.29. The van der Waals surface area contributed by atoms with Crippen LogP contribution in [-0.2, 0) is 21.2 Å². The highest BCUT2D eigenvalue weighted by Crippen LogP contribution is 2.32. The lowest BCUT2D eigenvalue weighted by atomic mass is 10.0. The second-order valence-corrected chi connectivity index (χ2v) is 8.85. The number of benzene rings is 1. The molecule has 0 aromatic heterocycles. The number of nitrogens with one attached hydrogen (secondary N) is 2. The number of carbonyl (C=O) groups excluding carboxylic acids is 1. The Morgan fingerprint density at radius 3 is 2.62 bits per heavy atom. The van der Waals surface area contributed by atoms with Gasteiger partial charge in [-0.3, -0.25) is 4.79 Å². The van der Waals surface area contributed by atoms with Gasteiger partial charge < -0.3 is 10.2 Å². The number of anilines is 1. The Bertz CT molecular complexity index is 765. The molecule has 0 radical (unpaired) electrons. The van der Waals surface area contributed by atoms with Crippen LogP contribution in [0.15, 0.2) is 23.1 Å². The van der Waals surface area contributed by atoms with Crippen LogP contribution in [0.3, 0.4) is 0 Å². The Kier molecular flexibility index (Phi) is 3.89. The zero-order valence-electron chi connectivity index (χ0n) is 13.8. The van der Waals surface area contributed by atoms with Crippen LogP contribution < -0.4 is 14.9 Å². The van der Waals surface area contributed by atoms with Crippen molar-refractivity contribution in [3.8, 4) is 0 Å². The van der Waals surface area contributed by atoms with Gasteiger partial charge in [-0.25, -0.2) is 13.1 Å². The first-order valence-electron chi connectivity index (χ1n) is 8.62. The molecule has 1 aromatic carbocycles. The molecule has 1 amide bonds. The molecular weight excluding hydrogens is 326 g/mol. The van der Waals surface area contributed by atoms with Crippen LogP contribution in [0.2, 0.25) is 0 Å². The summed E-state index contributed by atoms with van der Waals surface area (Å²) in [5.41, 5.74) is 1.76. The largest absolute Gasteiger partial charge is 0.312 e. The topological polar surface area (TPSA) is 78.5 Å². The number of piperidine rings is 1. The first-order valence-corrected chi connectivity index (χ1v) is 10.1. The number of hydrogen-bond acceptors (Lipinski definition) is 4.